The van der Waals surface area contributed by atoms with Crippen LogP contribution in [-0.4, -0.2) is 15.0 Å². The first-order valence-electron chi connectivity index (χ1n) is 19.2. The third-order valence-electron chi connectivity index (χ3n) is 10.9. The molecule has 57 heavy (non-hydrogen) atoms. The molecule has 0 atom stereocenters. The maximum absolute atomic E-state index is 6.23. The van der Waals surface area contributed by atoms with E-state index in [0.29, 0.717) is 17.5 Å². The average molecular weight is 728 g/mol. The van der Waals surface area contributed by atoms with Gasteiger partial charge in [0.15, 0.2) is 17.5 Å². The third kappa shape index (κ3) is 5.92. The van der Waals surface area contributed by atoms with Crippen LogP contribution in [0, 0.1) is 0 Å². The van der Waals surface area contributed by atoms with Gasteiger partial charge in [-0.3, -0.25) is 0 Å². The molecule has 266 valence electrons. The number of hydrogen-bond acceptors (Lipinski definition) is 4. The van der Waals surface area contributed by atoms with Gasteiger partial charge in [-0.2, -0.15) is 0 Å². The predicted molar refractivity (Wildman–Crippen MR) is 235 cm³/mol. The highest BCUT2D eigenvalue weighted by molar-refractivity contribution is 6.20. The first kappa shape index (κ1) is 32.7. The van der Waals surface area contributed by atoms with E-state index in [4.69, 9.17) is 19.4 Å². The van der Waals surface area contributed by atoms with Crippen LogP contribution >= 0.6 is 0 Å². The molecule has 11 rings (SSSR count). The Kier molecular flexibility index (Phi) is 7.78. The van der Waals surface area contributed by atoms with Crippen LogP contribution in [0.25, 0.3) is 111 Å². The van der Waals surface area contributed by atoms with Gasteiger partial charge in [-0.1, -0.05) is 164 Å². The average Bonchev–Trinajstić information content (AvgIpc) is 3.73. The van der Waals surface area contributed by atoms with Crippen molar-refractivity contribution in [3.05, 3.63) is 200 Å². The molecule has 4 nitrogen and oxygen atoms in total. The fraction of sp³-hybridized carbons (Fsp3) is 0. The lowest BCUT2D eigenvalue weighted by Crippen LogP contribution is -2.00. The molecule has 2 heterocycles. The summed E-state index contributed by atoms with van der Waals surface area (Å²) in [4.78, 5) is 15.2. The Hall–Kier alpha value is -7.69. The lowest BCUT2D eigenvalue weighted by atomic mass is 9.89. The molecule has 11 aromatic rings. The van der Waals surface area contributed by atoms with Gasteiger partial charge in [0.05, 0.1) is 0 Å². The monoisotopic (exact) mass is 727 g/mol. The van der Waals surface area contributed by atoms with Crippen LogP contribution in [0.5, 0.6) is 0 Å². The number of aromatic nitrogens is 3. The second kappa shape index (κ2) is 13.6. The summed E-state index contributed by atoms with van der Waals surface area (Å²) in [5.41, 5.74) is 9.15. The molecule has 0 spiro atoms. The molecule has 0 amide bonds. The van der Waals surface area contributed by atoms with Gasteiger partial charge in [0.25, 0.3) is 0 Å². The van der Waals surface area contributed by atoms with Crippen molar-refractivity contribution in [1.82, 2.24) is 15.0 Å². The zero-order valence-electron chi connectivity index (χ0n) is 30.8. The predicted octanol–water partition coefficient (Wildman–Crippen LogP) is 14.1. The Morgan fingerprint density at radius 3 is 1.54 bits per heavy atom. The molecular weight excluding hydrogens is 695 g/mol. The molecule has 2 aromatic heterocycles. The van der Waals surface area contributed by atoms with Crippen molar-refractivity contribution in [3.63, 3.8) is 0 Å². The van der Waals surface area contributed by atoms with Crippen molar-refractivity contribution in [1.29, 1.82) is 0 Å². The maximum atomic E-state index is 6.23. The van der Waals surface area contributed by atoms with Crippen LogP contribution < -0.4 is 0 Å². The Balaban J connectivity index is 1.03. The SMILES string of the molecule is c1ccc(-c2nc(-c3cccc(-c4cccc(-c5c6ccccc6cc6c5ccc5ccccc56)c4)c3)nc(-c3cccc(-c4cc5ccccc5o4)c3)n2)cc1. The van der Waals surface area contributed by atoms with Crippen molar-refractivity contribution in [2.24, 2.45) is 0 Å². The van der Waals surface area contributed by atoms with E-state index < -0.39 is 0 Å². The molecule has 0 fully saturated rings. The van der Waals surface area contributed by atoms with Crippen LogP contribution in [0.1, 0.15) is 0 Å². The lowest BCUT2D eigenvalue weighted by Gasteiger charge is -2.15. The van der Waals surface area contributed by atoms with Crippen molar-refractivity contribution in [2.45, 2.75) is 0 Å². The molecule has 0 aliphatic rings. The maximum Gasteiger partial charge on any atom is 0.164 e. The number of nitrogens with zero attached hydrogens (tertiary/aromatic N) is 3. The minimum absolute atomic E-state index is 0.597. The number of fused-ring (bicyclic) bond motifs is 5. The molecular formula is C53H33N3O. The molecule has 0 unspecified atom stereocenters. The first-order valence-corrected chi connectivity index (χ1v) is 19.2. The second-order valence-corrected chi connectivity index (χ2v) is 14.4. The van der Waals surface area contributed by atoms with E-state index in [1.165, 1.54) is 43.4 Å². The molecule has 0 radical (unpaired) electrons. The smallest absolute Gasteiger partial charge is 0.164 e. The summed E-state index contributed by atoms with van der Waals surface area (Å²) in [5, 5.41) is 8.54. The summed E-state index contributed by atoms with van der Waals surface area (Å²) >= 11 is 0. The summed E-state index contributed by atoms with van der Waals surface area (Å²) < 4.78 is 6.23. The van der Waals surface area contributed by atoms with Crippen molar-refractivity contribution < 1.29 is 4.42 Å². The Labute approximate surface area is 329 Å². The van der Waals surface area contributed by atoms with Crippen molar-refractivity contribution in [2.75, 3.05) is 0 Å². The fourth-order valence-electron chi connectivity index (χ4n) is 8.11. The van der Waals surface area contributed by atoms with E-state index in [2.05, 4.69) is 140 Å². The minimum Gasteiger partial charge on any atom is -0.456 e. The molecule has 0 saturated heterocycles. The summed E-state index contributed by atoms with van der Waals surface area (Å²) in [6.45, 7) is 0. The highest BCUT2D eigenvalue weighted by atomic mass is 16.3. The van der Waals surface area contributed by atoms with Crippen molar-refractivity contribution >= 4 is 43.3 Å². The molecule has 0 bridgehead atoms. The highest BCUT2D eigenvalue weighted by Crippen LogP contribution is 2.41. The summed E-state index contributed by atoms with van der Waals surface area (Å²) in [7, 11) is 0. The number of hydrogen-bond donors (Lipinski definition) is 0. The Morgan fingerprint density at radius 2 is 0.807 bits per heavy atom. The first-order chi connectivity index (χ1) is 28.2. The van der Waals surface area contributed by atoms with Crippen LogP contribution in [0.2, 0.25) is 0 Å². The quantitative estimate of drug-likeness (QED) is 0.126. The fourth-order valence-corrected chi connectivity index (χ4v) is 8.11. The van der Waals surface area contributed by atoms with E-state index in [1.54, 1.807) is 0 Å². The topological polar surface area (TPSA) is 51.8 Å². The minimum atomic E-state index is 0.597. The van der Waals surface area contributed by atoms with Gasteiger partial charge in [-0.15, -0.1) is 0 Å². The summed E-state index contributed by atoms with van der Waals surface area (Å²) in [6, 6.07) is 70.1. The Morgan fingerprint density at radius 1 is 0.281 bits per heavy atom. The van der Waals surface area contributed by atoms with E-state index in [-0.39, 0.29) is 0 Å². The van der Waals surface area contributed by atoms with E-state index >= 15 is 0 Å². The van der Waals surface area contributed by atoms with Crippen LogP contribution in [0.15, 0.2) is 205 Å². The van der Waals surface area contributed by atoms with Gasteiger partial charge in [0.2, 0.25) is 0 Å². The van der Waals surface area contributed by atoms with Crippen LogP contribution in [0.4, 0.5) is 0 Å². The van der Waals surface area contributed by atoms with Crippen LogP contribution in [-0.2, 0) is 0 Å². The van der Waals surface area contributed by atoms with E-state index in [1.807, 2.05) is 60.7 Å². The molecule has 0 aliphatic carbocycles. The standard InChI is InChI=1S/C53H33N3O/c1-2-14-35(15-3-1)51-54-52(56-53(55-51)43-23-12-20-39(31-43)49-33-40-17-6-9-26-48(40)57-49)42-22-11-19-37(30-42)36-18-10-21-41(29-36)50-45-25-8-5-16-38(45)32-47-44-24-7-4-13-34(44)27-28-46(47)50/h1-33H. The molecule has 0 N–H and O–H groups in total. The molecule has 0 aliphatic heterocycles. The summed E-state index contributed by atoms with van der Waals surface area (Å²) in [5.74, 6) is 2.63. The number of benzene rings is 9. The second-order valence-electron chi connectivity index (χ2n) is 14.4. The van der Waals surface area contributed by atoms with Gasteiger partial charge >= 0.3 is 0 Å². The van der Waals surface area contributed by atoms with Gasteiger partial charge in [-0.05, 0) is 91.0 Å². The summed E-state index contributed by atoms with van der Waals surface area (Å²) in [6.07, 6.45) is 0. The zero-order valence-corrected chi connectivity index (χ0v) is 30.8. The highest BCUT2D eigenvalue weighted by Gasteiger charge is 2.16. The van der Waals surface area contributed by atoms with Gasteiger partial charge in [-0.25, -0.2) is 15.0 Å². The largest absolute Gasteiger partial charge is 0.456 e. The van der Waals surface area contributed by atoms with Gasteiger partial charge in [0.1, 0.15) is 11.3 Å². The molecule has 0 saturated carbocycles. The van der Waals surface area contributed by atoms with Gasteiger partial charge in [0, 0.05) is 27.6 Å². The van der Waals surface area contributed by atoms with Crippen molar-refractivity contribution in [3.8, 4) is 67.7 Å². The van der Waals surface area contributed by atoms with Gasteiger partial charge < -0.3 is 4.42 Å². The molecule has 9 aromatic carbocycles. The third-order valence-corrected chi connectivity index (χ3v) is 10.9. The number of para-hydroxylation sites is 1. The Bertz CT molecular complexity index is 3280. The van der Waals surface area contributed by atoms with E-state index in [9.17, 15) is 0 Å². The van der Waals surface area contributed by atoms with Crippen LogP contribution in [0.3, 0.4) is 0 Å². The lowest BCUT2D eigenvalue weighted by molar-refractivity contribution is 0.631. The number of furan rings is 1. The number of rotatable bonds is 6. The molecule has 4 heteroatoms. The van der Waals surface area contributed by atoms with E-state index in [0.717, 1.165) is 50.1 Å². The normalized spacial score (nSPS) is 11.5. The zero-order chi connectivity index (χ0) is 37.7.